The lowest BCUT2D eigenvalue weighted by Crippen LogP contribution is -1.69. The fourth-order valence-electron chi connectivity index (χ4n) is 1.52. The SMILES string of the molecule is Cc1ccccc1.Cc1ccccc1.Cc1cccnc1. The number of benzene rings is 2. The third kappa shape index (κ3) is 9.17. The monoisotopic (exact) mass is 277 g/mol. The van der Waals surface area contributed by atoms with Crippen LogP contribution in [0.3, 0.4) is 0 Å². The smallest absolute Gasteiger partial charge is 0.0297 e. The Hall–Kier alpha value is -2.41. The lowest BCUT2D eigenvalue weighted by atomic mass is 10.2. The van der Waals surface area contributed by atoms with Crippen LogP contribution in [0.25, 0.3) is 0 Å². The highest BCUT2D eigenvalue weighted by molar-refractivity contribution is 5.12. The summed E-state index contributed by atoms with van der Waals surface area (Å²) in [5, 5.41) is 0. The molecule has 1 aromatic heterocycles. The standard InChI is InChI=1S/2C7H8.C6H7N/c2*1-7-5-3-2-4-6-7;1-6-3-2-4-7-5-6/h2*2-6H,1H3;2-5H,1H3. The van der Waals surface area contributed by atoms with Crippen LogP contribution < -0.4 is 0 Å². The van der Waals surface area contributed by atoms with Crippen LogP contribution >= 0.6 is 0 Å². The maximum Gasteiger partial charge on any atom is 0.0297 e. The second-order valence-corrected chi connectivity index (χ2v) is 4.84. The van der Waals surface area contributed by atoms with Crippen molar-refractivity contribution in [3.63, 3.8) is 0 Å². The summed E-state index contributed by atoms with van der Waals surface area (Å²) >= 11 is 0. The zero-order valence-corrected chi connectivity index (χ0v) is 13.0. The van der Waals surface area contributed by atoms with E-state index >= 15 is 0 Å². The average molecular weight is 277 g/mol. The zero-order valence-electron chi connectivity index (χ0n) is 13.0. The van der Waals surface area contributed by atoms with E-state index in [1.165, 1.54) is 16.7 Å². The molecule has 0 N–H and O–H groups in total. The maximum atomic E-state index is 3.88. The highest BCUT2D eigenvalue weighted by Gasteiger charge is 1.73. The Labute approximate surface area is 128 Å². The van der Waals surface area contributed by atoms with Gasteiger partial charge in [0.1, 0.15) is 0 Å². The Balaban J connectivity index is 0.000000157. The van der Waals surface area contributed by atoms with Gasteiger partial charge in [0.15, 0.2) is 0 Å². The van der Waals surface area contributed by atoms with Gasteiger partial charge in [0, 0.05) is 12.4 Å². The molecule has 108 valence electrons. The molecule has 3 rings (SSSR count). The molecular formula is C20H23N. The molecule has 0 saturated heterocycles. The van der Waals surface area contributed by atoms with Crippen LogP contribution in [0.15, 0.2) is 85.2 Å². The summed E-state index contributed by atoms with van der Waals surface area (Å²) in [5.41, 5.74) is 3.85. The van der Waals surface area contributed by atoms with Gasteiger partial charge in [0.25, 0.3) is 0 Å². The van der Waals surface area contributed by atoms with Crippen LogP contribution in [0, 0.1) is 20.8 Å². The van der Waals surface area contributed by atoms with Crippen LogP contribution in [0.5, 0.6) is 0 Å². The number of aromatic nitrogens is 1. The fourth-order valence-corrected chi connectivity index (χ4v) is 1.52. The molecule has 0 fully saturated rings. The van der Waals surface area contributed by atoms with E-state index in [-0.39, 0.29) is 0 Å². The quantitative estimate of drug-likeness (QED) is 0.537. The minimum Gasteiger partial charge on any atom is -0.264 e. The van der Waals surface area contributed by atoms with Gasteiger partial charge in [0.2, 0.25) is 0 Å². The van der Waals surface area contributed by atoms with E-state index in [1.54, 1.807) is 6.20 Å². The number of nitrogens with zero attached hydrogens (tertiary/aromatic N) is 1. The molecule has 0 aliphatic carbocycles. The molecular weight excluding hydrogens is 254 g/mol. The highest BCUT2D eigenvalue weighted by Crippen LogP contribution is 1.92. The first kappa shape index (κ1) is 16.6. The van der Waals surface area contributed by atoms with Crippen molar-refractivity contribution >= 4 is 0 Å². The first-order valence-corrected chi connectivity index (χ1v) is 7.08. The number of aryl methyl sites for hydroxylation is 3. The Bertz CT molecular complexity index is 485. The molecule has 0 aliphatic heterocycles. The van der Waals surface area contributed by atoms with E-state index < -0.39 is 0 Å². The minimum absolute atomic E-state index is 1.21. The predicted octanol–water partition coefficient (Wildman–Crippen LogP) is 5.38. The zero-order chi connectivity index (χ0) is 15.3. The summed E-state index contributed by atoms with van der Waals surface area (Å²) in [4.78, 5) is 3.88. The van der Waals surface area contributed by atoms with Crippen molar-refractivity contribution in [3.8, 4) is 0 Å². The van der Waals surface area contributed by atoms with E-state index in [4.69, 9.17) is 0 Å². The molecule has 0 radical (unpaired) electrons. The van der Waals surface area contributed by atoms with Gasteiger partial charge < -0.3 is 0 Å². The third-order valence-electron chi connectivity index (χ3n) is 2.69. The largest absolute Gasteiger partial charge is 0.264 e. The average Bonchev–Trinajstić information content (AvgIpc) is 2.51. The van der Waals surface area contributed by atoms with Crippen LogP contribution in [0.2, 0.25) is 0 Å². The first-order chi connectivity index (χ1) is 10.2. The molecule has 1 heterocycles. The van der Waals surface area contributed by atoms with Gasteiger partial charge in [-0.25, -0.2) is 0 Å². The van der Waals surface area contributed by atoms with E-state index in [9.17, 15) is 0 Å². The summed E-state index contributed by atoms with van der Waals surface area (Å²) in [5.74, 6) is 0. The second kappa shape index (κ2) is 10.4. The van der Waals surface area contributed by atoms with E-state index in [1.807, 2.05) is 61.7 Å². The first-order valence-electron chi connectivity index (χ1n) is 7.08. The third-order valence-corrected chi connectivity index (χ3v) is 2.69. The van der Waals surface area contributed by atoms with Crippen molar-refractivity contribution in [3.05, 3.63) is 102 Å². The van der Waals surface area contributed by atoms with Crippen molar-refractivity contribution in [2.24, 2.45) is 0 Å². The van der Waals surface area contributed by atoms with Crippen molar-refractivity contribution < 1.29 is 0 Å². The van der Waals surface area contributed by atoms with Gasteiger partial charge in [-0.1, -0.05) is 77.9 Å². The fraction of sp³-hybridized carbons (Fsp3) is 0.150. The molecule has 0 unspecified atom stereocenters. The summed E-state index contributed by atoms with van der Waals surface area (Å²) < 4.78 is 0. The topological polar surface area (TPSA) is 12.9 Å². The van der Waals surface area contributed by atoms with Crippen molar-refractivity contribution in [1.29, 1.82) is 0 Å². The Morgan fingerprint density at radius 3 is 1.14 bits per heavy atom. The maximum absolute atomic E-state index is 3.88. The van der Waals surface area contributed by atoms with Gasteiger partial charge in [-0.3, -0.25) is 4.98 Å². The summed E-state index contributed by atoms with van der Waals surface area (Å²) in [6.07, 6.45) is 3.60. The number of hydrogen-bond donors (Lipinski definition) is 0. The lowest BCUT2D eigenvalue weighted by Gasteiger charge is -1.82. The van der Waals surface area contributed by atoms with Crippen LogP contribution in [0.4, 0.5) is 0 Å². The van der Waals surface area contributed by atoms with Crippen molar-refractivity contribution in [2.45, 2.75) is 20.8 Å². The predicted molar refractivity (Wildman–Crippen MR) is 91.3 cm³/mol. The lowest BCUT2D eigenvalue weighted by molar-refractivity contribution is 1.27. The van der Waals surface area contributed by atoms with Crippen molar-refractivity contribution in [1.82, 2.24) is 4.98 Å². The van der Waals surface area contributed by atoms with Crippen LogP contribution in [-0.4, -0.2) is 4.98 Å². The highest BCUT2D eigenvalue weighted by atomic mass is 14.6. The van der Waals surface area contributed by atoms with Gasteiger partial charge in [-0.05, 0) is 32.4 Å². The van der Waals surface area contributed by atoms with Crippen LogP contribution in [0.1, 0.15) is 16.7 Å². The molecule has 1 nitrogen and oxygen atoms in total. The van der Waals surface area contributed by atoms with E-state index in [2.05, 4.69) is 43.1 Å². The number of hydrogen-bond acceptors (Lipinski definition) is 1. The molecule has 0 saturated carbocycles. The normalized spacial score (nSPS) is 8.71. The molecule has 0 spiro atoms. The minimum atomic E-state index is 1.21. The summed E-state index contributed by atoms with van der Waals surface area (Å²) in [6.45, 7) is 6.19. The Morgan fingerprint density at radius 1 is 0.524 bits per heavy atom. The Morgan fingerprint density at radius 2 is 0.952 bits per heavy atom. The van der Waals surface area contributed by atoms with Crippen molar-refractivity contribution in [2.75, 3.05) is 0 Å². The van der Waals surface area contributed by atoms with Gasteiger partial charge in [0.05, 0.1) is 0 Å². The molecule has 2 aromatic carbocycles. The molecule has 3 aromatic rings. The molecule has 0 aliphatic rings. The van der Waals surface area contributed by atoms with E-state index in [0.29, 0.717) is 0 Å². The summed E-state index contributed by atoms with van der Waals surface area (Å²) in [6, 6.07) is 24.5. The van der Waals surface area contributed by atoms with Crippen LogP contribution in [-0.2, 0) is 0 Å². The molecule has 21 heavy (non-hydrogen) atoms. The number of pyridine rings is 1. The molecule has 0 amide bonds. The van der Waals surface area contributed by atoms with Gasteiger partial charge >= 0.3 is 0 Å². The number of rotatable bonds is 0. The molecule has 0 atom stereocenters. The molecule has 1 heteroatoms. The van der Waals surface area contributed by atoms with E-state index in [0.717, 1.165) is 0 Å². The van der Waals surface area contributed by atoms with Gasteiger partial charge in [-0.2, -0.15) is 0 Å². The second-order valence-electron chi connectivity index (χ2n) is 4.84. The summed E-state index contributed by atoms with van der Waals surface area (Å²) in [7, 11) is 0. The van der Waals surface area contributed by atoms with Gasteiger partial charge in [-0.15, -0.1) is 0 Å². The Kier molecular flexibility index (Phi) is 8.23. The molecule has 0 bridgehead atoms.